The van der Waals surface area contributed by atoms with Gasteiger partial charge < -0.3 is 5.32 Å². The molecule has 0 unspecified atom stereocenters. The molecule has 0 radical (unpaired) electrons. The molecule has 0 aromatic carbocycles. The second kappa shape index (κ2) is 6.17. The van der Waals surface area contributed by atoms with E-state index < -0.39 is 0 Å². The van der Waals surface area contributed by atoms with Gasteiger partial charge in [-0.05, 0) is 38.5 Å². The first-order valence-electron chi connectivity index (χ1n) is 7.33. The molecule has 0 amide bonds. The maximum absolute atomic E-state index is 4.81. The second-order valence-electron chi connectivity index (χ2n) is 5.60. The Labute approximate surface area is 110 Å². The highest BCUT2D eigenvalue weighted by Gasteiger charge is 2.16. The van der Waals surface area contributed by atoms with Crippen molar-refractivity contribution in [1.29, 1.82) is 0 Å². The van der Waals surface area contributed by atoms with E-state index in [0.717, 1.165) is 37.4 Å². The van der Waals surface area contributed by atoms with Gasteiger partial charge in [0.15, 0.2) is 0 Å². The topological polar surface area (TPSA) is 37.8 Å². The van der Waals surface area contributed by atoms with Crippen LogP contribution >= 0.6 is 0 Å². The third-order valence-electron chi connectivity index (χ3n) is 3.41. The summed E-state index contributed by atoms with van der Waals surface area (Å²) in [5.41, 5.74) is 2.68. The molecule has 1 aliphatic carbocycles. The van der Waals surface area contributed by atoms with Crippen molar-refractivity contribution in [2.75, 3.05) is 11.9 Å². The largest absolute Gasteiger partial charge is 0.370 e. The molecule has 0 bridgehead atoms. The van der Waals surface area contributed by atoms with Gasteiger partial charge in [-0.1, -0.05) is 20.3 Å². The molecule has 1 aromatic rings. The zero-order chi connectivity index (χ0) is 13.0. The van der Waals surface area contributed by atoms with E-state index in [1.807, 2.05) is 0 Å². The third kappa shape index (κ3) is 3.21. The molecule has 0 saturated heterocycles. The number of aromatic nitrogens is 2. The van der Waals surface area contributed by atoms with Gasteiger partial charge in [-0.2, -0.15) is 0 Å². The van der Waals surface area contributed by atoms with E-state index in [0.29, 0.717) is 5.92 Å². The van der Waals surface area contributed by atoms with Gasteiger partial charge >= 0.3 is 0 Å². The normalized spacial score (nSPS) is 15.3. The molecule has 2 rings (SSSR count). The molecule has 1 aromatic heterocycles. The Bertz CT molecular complexity index is 399. The van der Waals surface area contributed by atoms with Gasteiger partial charge in [0.1, 0.15) is 11.6 Å². The van der Waals surface area contributed by atoms with E-state index in [4.69, 9.17) is 9.97 Å². The summed E-state index contributed by atoms with van der Waals surface area (Å²) in [4.78, 5) is 9.54. The van der Waals surface area contributed by atoms with E-state index in [1.54, 1.807) is 0 Å². The minimum atomic E-state index is 0.614. The molecule has 3 heteroatoms. The van der Waals surface area contributed by atoms with Crippen molar-refractivity contribution in [3.8, 4) is 0 Å². The van der Waals surface area contributed by atoms with Crippen LogP contribution in [-0.2, 0) is 19.3 Å². The predicted molar refractivity (Wildman–Crippen MR) is 76.0 cm³/mol. The number of aryl methyl sites for hydroxylation is 1. The molecule has 0 fully saturated rings. The van der Waals surface area contributed by atoms with Crippen LogP contribution in [0, 0.1) is 5.92 Å². The van der Waals surface area contributed by atoms with Crippen LogP contribution in [0.1, 0.15) is 57.1 Å². The smallest absolute Gasteiger partial charge is 0.133 e. The zero-order valence-corrected chi connectivity index (χ0v) is 11.9. The molecule has 0 atom stereocenters. The Balaban J connectivity index is 2.35. The predicted octanol–water partition coefficient (Wildman–Crippen LogP) is 3.38. The first-order valence-corrected chi connectivity index (χ1v) is 7.33. The Morgan fingerprint density at radius 1 is 1.11 bits per heavy atom. The lowest BCUT2D eigenvalue weighted by atomic mass is 10.1. The Morgan fingerprint density at radius 2 is 1.89 bits per heavy atom. The van der Waals surface area contributed by atoms with Gasteiger partial charge in [-0.3, -0.25) is 0 Å². The van der Waals surface area contributed by atoms with E-state index in [2.05, 4.69) is 26.1 Å². The zero-order valence-electron chi connectivity index (χ0n) is 11.9. The summed E-state index contributed by atoms with van der Waals surface area (Å²) >= 11 is 0. The Morgan fingerprint density at radius 3 is 2.61 bits per heavy atom. The van der Waals surface area contributed by atoms with Crippen molar-refractivity contribution in [2.45, 2.75) is 59.3 Å². The first kappa shape index (κ1) is 13.3. The molecular weight excluding hydrogens is 222 g/mol. The Kier molecular flexibility index (Phi) is 4.56. The summed E-state index contributed by atoms with van der Waals surface area (Å²) in [6, 6.07) is 0. The molecule has 18 heavy (non-hydrogen) atoms. The average Bonchev–Trinajstić information content (AvgIpc) is 2.53. The van der Waals surface area contributed by atoms with Gasteiger partial charge in [0.25, 0.3) is 0 Å². The van der Waals surface area contributed by atoms with Crippen molar-refractivity contribution < 1.29 is 0 Å². The fourth-order valence-electron chi connectivity index (χ4n) is 2.59. The standard InChI is InChI=1S/C15H25N3/c1-4-16-15-12-8-6-5-7-9-13(12)17-14(18-15)10-11(2)3/h11H,4-10H2,1-3H3,(H,16,17,18). The molecule has 0 saturated carbocycles. The van der Waals surface area contributed by atoms with Crippen molar-refractivity contribution >= 4 is 5.82 Å². The molecule has 1 N–H and O–H groups in total. The number of fused-ring (bicyclic) bond motifs is 1. The van der Waals surface area contributed by atoms with Crippen molar-refractivity contribution in [1.82, 2.24) is 9.97 Å². The molecule has 0 spiro atoms. The maximum Gasteiger partial charge on any atom is 0.133 e. The van der Waals surface area contributed by atoms with Gasteiger partial charge in [-0.15, -0.1) is 0 Å². The van der Waals surface area contributed by atoms with Crippen LogP contribution in [0.3, 0.4) is 0 Å². The number of hydrogen-bond acceptors (Lipinski definition) is 3. The van der Waals surface area contributed by atoms with Crippen LogP contribution < -0.4 is 5.32 Å². The second-order valence-corrected chi connectivity index (χ2v) is 5.60. The van der Waals surface area contributed by atoms with Gasteiger partial charge in [0.2, 0.25) is 0 Å². The fraction of sp³-hybridized carbons (Fsp3) is 0.733. The minimum Gasteiger partial charge on any atom is -0.370 e. The van der Waals surface area contributed by atoms with Gasteiger partial charge in [0.05, 0.1) is 0 Å². The van der Waals surface area contributed by atoms with Crippen molar-refractivity contribution in [3.05, 3.63) is 17.1 Å². The number of rotatable bonds is 4. The van der Waals surface area contributed by atoms with E-state index >= 15 is 0 Å². The number of nitrogens with one attached hydrogen (secondary N) is 1. The molecule has 1 heterocycles. The molecule has 3 nitrogen and oxygen atoms in total. The highest BCUT2D eigenvalue weighted by Crippen LogP contribution is 2.25. The van der Waals surface area contributed by atoms with Crippen molar-refractivity contribution in [2.24, 2.45) is 5.92 Å². The highest BCUT2D eigenvalue weighted by molar-refractivity contribution is 5.47. The van der Waals surface area contributed by atoms with Crippen molar-refractivity contribution in [3.63, 3.8) is 0 Å². The minimum absolute atomic E-state index is 0.614. The van der Waals surface area contributed by atoms with E-state index in [-0.39, 0.29) is 0 Å². The first-order chi connectivity index (χ1) is 8.70. The summed E-state index contributed by atoms with van der Waals surface area (Å²) in [6.45, 7) is 7.52. The summed E-state index contributed by atoms with van der Waals surface area (Å²) < 4.78 is 0. The molecule has 1 aliphatic rings. The fourth-order valence-corrected chi connectivity index (χ4v) is 2.59. The maximum atomic E-state index is 4.81. The van der Waals surface area contributed by atoms with Crippen LogP contribution in [-0.4, -0.2) is 16.5 Å². The lowest BCUT2D eigenvalue weighted by Gasteiger charge is -2.14. The summed E-state index contributed by atoms with van der Waals surface area (Å²) in [6.07, 6.45) is 7.11. The number of hydrogen-bond donors (Lipinski definition) is 1. The van der Waals surface area contributed by atoms with Crippen LogP contribution in [0.5, 0.6) is 0 Å². The quantitative estimate of drug-likeness (QED) is 0.829. The van der Waals surface area contributed by atoms with Gasteiger partial charge in [0, 0.05) is 24.2 Å². The van der Waals surface area contributed by atoms with E-state index in [9.17, 15) is 0 Å². The third-order valence-corrected chi connectivity index (χ3v) is 3.41. The molecular formula is C15H25N3. The molecule has 100 valence electrons. The SMILES string of the molecule is CCNc1nc(CC(C)C)nc2c1CCCCC2. The average molecular weight is 247 g/mol. The monoisotopic (exact) mass is 247 g/mol. The molecule has 0 aliphatic heterocycles. The van der Waals surface area contributed by atoms with E-state index in [1.165, 1.54) is 30.5 Å². The van der Waals surface area contributed by atoms with Crippen LogP contribution in [0.2, 0.25) is 0 Å². The summed E-state index contributed by atoms with van der Waals surface area (Å²) in [5, 5.41) is 3.43. The highest BCUT2D eigenvalue weighted by atomic mass is 15.0. The van der Waals surface area contributed by atoms with Crippen LogP contribution in [0.4, 0.5) is 5.82 Å². The number of anilines is 1. The van der Waals surface area contributed by atoms with Gasteiger partial charge in [-0.25, -0.2) is 9.97 Å². The summed E-state index contributed by atoms with van der Waals surface area (Å²) in [5.74, 6) is 2.73. The van der Waals surface area contributed by atoms with Crippen LogP contribution in [0.15, 0.2) is 0 Å². The lowest BCUT2D eigenvalue weighted by Crippen LogP contribution is -2.12. The number of nitrogens with zero attached hydrogens (tertiary/aromatic N) is 2. The summed E-state index contributed by atoms with van der Waals surface area (Å²) in [7, 11) is 0. The lowest BCUT2D eigenvalue weighted by molar-refractivity contribution is 0.616. The Hall–Kier alpha value is -1.12. The van der Waals surface area contributed by atoms with Crippen LogP contribution in [0.25, 0.3) is 0 Å².